The Morgan fingerprint density at radius 3 is 0.895 bits per heavy atom. The van der Waals surface area contributed by atoms with Crippen molar-refractivity contribution in [1.29, 1.82) is 0 Å². The second kappa shape index (κ2) is 34.6. The molecule has 0 heterocycles. The van der Waals surface area contributed by atoms with E-state index in [-0.39, 0.29) is 158 Å². The summed E-state index contributed by atoms with van der Waals surface area (Å²) >= 11 is 7.91. The lowest BCUT2D eigenvalue weighted by atomic mass is 10.3. The molecule has 0 saturated heterocycles. The number of hydrogen-bond acceptors (Lipinski definition) is 13. The summed E-state index contributed by atoms with van der Waals surface area (Å²) in [4.78, 5) is 120. The predicted molar refractivity (Wildman–Crippen MR) is 215 cm³/mol. The van der Waals surface area contributed by atoms with E-state index < -0.39 is 18.4 Å². The Morgan fingerprint density at radius 1 is 0.368 bits per heavy atom. The van der Waals surface area contributed by atoms with Gasteiger partial charge in [0.1, 0.15) is 6.54 Å². The Bertz CT molecular complexity index is 1230. The number of carbonyl (C=O) groups excluding carboxylic acids is 9. The molecule has 9 amide bonds. The van der Waals surface area contributed by atoms with Crippen LogP contribution in [0.4, 0.5) is 0 Å². The van der Waals surface area contributed by atoms with Gasteiger partial charge in [0.05, 0.1) is 6.54 Å². The summed E-state index contributed by atoms with van der Waals surface area (Å²) in [6.07, 6.45) is 1.66. The van der Waals surface area contributed by atoms with Crippen molar-refractivity contribution < 1.29 is 53.1 Å². The summed E-state index contributed by atoms with van der Waals surface area (Å²) in [6, 6.07) is 0. The second-order valence-electron chi connectivity index (χ2n) is 12.4. The van der Waals surface area contributed by atoms with E-state index in [2.05, 4.69) is 73.1 Å². The van der Waals surface area contributed by atoms with Gasteiger partial charge in [0.25, 0.3) is 0 Å². The predicted octanol–water partition coefficient (Wildman–Crippen LogP) is -3.82. The van der Waals surface area contributed by atoms with Crippen molar-refractivity contribution in [2.75, 3.05) is 90.0 Å². The van der Waals surface area contributed by atoms with Crippen molar-refractivity contribution in [2.24, 2.45) is 0 Å². The maximum absolute atomic E-state index is 12.3. The molecule has 57 heavy (non-hydrogen) atoms. The molecule has 0 aliphatic rings. The van der Waals surface area contributed by atoms with Crippen LogP contribution >= 0.6 is 25.3 Å². The number of aliphatic carboxylic acids is 1. The van der Waals surface area contributed by atoms with E-state index in [1.54, 1.807) is 4.90 Å². The average Bonchev–Trinajstić information content (AvgIpc) is 3.14. The summed E-state index contributed by atoms with van der Waals surface area (Å²) in [5, 5.41) is 32.2. The lowest BCUT2D eigenvalue weighted by Gasteiger charge is -2.22. The highest BCUT2D eigenvalue weighted by molar-refractivity contribution is 7.80. The molecule has 0 aromatic carbocycles. The maximum atomic E-state index is 12.3. The molecule has 21 nitrogen and oxygen atoms in total. The minimum atomic E-state index is -1.19. The monoisotopic (exact) mass is 848 g/mol. The number of carbonyl (C=O) groups is 10. The number of nitrogens with zero attached hydrogens (tertiary/aromatic N) is 1. The Morgan fingerprint density at radius 2 is 0.632 bits per heavy atom. The average molecular weight is 849 g/mol. The van der Waals surface area contributed by atoms with Crippen LogP contribution in [0.2, 0.25) is 0 Å². The Balaban J connectivity index is 4.29. The van der Waals surface area contributed by atoms with Gasteiger partial charge in [-0.1, -0.05) is 0 Å². The van der Waals surface area contributed by atoms with Crippen LogP contribution in [0.5, 0.6) is 0 Å². The van der Waals surface area contributed by atoms with E-state index in [4.69, 9.17) is 5.11 Å². The van der Waals surface area contributed by atoms with Crippen molar-refractivity contribution in [3.05, 3.63) is 0 Å². The van der Waals surface area contributed by atoms with Crippen LogP contribution in [0.1, 0.15) is 64.2 Å². The first kappa shape index (κ1) is 52.4. The van der Waals surface area contributed by atoms with Crippen molar-refractivity contribution >= 4 is 84.4 Å². The first-order valence-corrected chi connectivity index (χ1v) is 20.1. The maximum Gasteiger partial charge on any atom is 0.322 e. The molecule has 0 spiro atoms. The molecule has 0 aliphatic carbocycles. The highest BCUT2D eigenvalue weighted by Crippen LogP contribution is 1.96. The van der Waals surface area contributed by atoms with E-state index in [1.807, 2.05) is 0 Å². The molecule has 0 aliphatic heterocycles. The smallest absolute Gasteiger partial charge is 0.322 e. The second-order valence-corrected chi connectivity index (χ2v) is 13.3. The van der Waals surface area contributed by atoms with Gasteiger partial charge in [-0.05, 0) is 24.3 Å². The van der Waals surface area contributed by atoms with Gasteiger partial charge < -0.3 is 53.0 Å². The summed E-state index contributed by atoms with van der Waals surface area (Å²) in [7, 11) is 0. The minimum absolute atomic E-state index is 0.0179. The topological polar surface area (TPSA) is 302 Å². The first-order valence-electron chi connectivity index (χ1n) is 18.8. The number of nitrogens with one attached hydrogen (secondary N) is 9. The van der Waals surface area contributed by atoms with E-state index in [0.717, 1.165) is 0 Å². The number of carboxylic acids is 1. The van der Waals surface area contributed by atoms with Crippen molar-refractivity contribution in [3.8, 4) is 0 Å². The Kier molecular flexibility index (Phi) is 31.8. The lowest BCUT2D eigenvalue weighted by Crippen LogP contribution is -2.41. The molecule has 0 aromatic rings. The van der Waals surface area contributed by atoms with Gasteiger partial charge in [-0.2, -0.15) is 25.3 Å². The van der Waals surface area contributed by atoms with Gasteiger partial charge in [0.15, 0.2) is 0 Å². The molecule has 324 valence electrons. The fourth-order valence-electron chi connectivity index (χ4n) is 4.57. The number of thiol groups is 2. The van der Waals surface area contributed by atoms with E-state index in [1.165, 1.54) is 0 Å². The third-order valence-electron chi connectivity index (χ3n) is 7.47. The van der Waals surface area contributed by atoms with E-state index >= 15 is 0 Å². The molecule has 0 radical (unpaired) electrons. The molecule has 0 unspecified atom stereocenters. The fraction of sp³-hybridized carbons (Fsp3) is 0.706. The van der Waals surface area contributed by atoms with Crippen molar-refractivity contribution in [3.63, 3.8) is 0 Å². The van der Waals surface area contributed by atoms with Crippen LogP contribution in [0, 0.1) is 0 Å². The number of rotatable bonds is 34. The quantitative estimate of drug-likeness (QED) is 0.0219. The molecule has 0 bridgehead atoms. The van der Waals surface area contributed by atoms with Crippen LogP contribution in [-0.2, 0) is 47.9 Å². The van der Waals surface area contributed by atoms with Crippen LogP contribution < -0.4 is 47.9 Å². The molecule has 23 heteroatoms. The normalized spacial score (nSPS) is 10.4. The van der Waals surface area contributed by atoms with Gasteiger partial charge in [0, 0.05) is 117 Å². The molecular weight excluding hydrogens is 789 g/mol. The third-order valence-corrected chi connectivity index (χ3v) is 7.92. The third kappa shape index (κ3) is 34.3. The summed E-state index contributed by atoms with van der Waals surface area (Å²) in [6.45, 7) is 1.40. The van der Waals surface area contributed by atoms with Gasteiger partial charge in [-0.25, -0.2) is 0 Å². The van der Waals surface area contributed by atoms with E-state index in [0.29, 0.717) is 37.4 Å². The molecule has 10 N–H and O–H groups in total. The highest BCUT2D eigenvalue weighted by Gasteiger charge is 2.13. The van der Waals surface area contributed by atoms with Gasteiger partial charge in [0.2, 0.25) is 53.2 Å². The van der Waals surface area contributed by atoms with Crippen LogP contribution in [0.15, 0.2) is 0 Å². The summed E-state index contributed by atoms with van der Waals surface area (Å²) in [5.41, 5.74) is 0. The summed E-state index contributed by atoms with van der Waals surface area (Å²) in [5.74, 6) is -3.19. The van der Waals surface area contributed by atoms with Gasteiger partial charge >= 0.3 is 5.97 Å². The Hall–Kier alpha value is -4.64. The highest BCUT2D eigenvalue weighted by atomic mass is 32.1. The largest absolute Gasteiger partial charge is 0.480 e. The molecule has 0 saturated carbocycles. The minimum Gasteiger partial charge on any atom is -0.480 e. The molecule has 0 aromatic heterocycles. The standard InChI is InChI=1S/C34H60N10O11S2/c45-25(3-13-37-27(47)5-15-39-29(49)7-17-41-31(51)9-21-56)35-11-1-19-44(24-33(53)43-23-34(54)55)20-2-12-36-26(46)4-14-38-28(48)6-16-40-30(50)8-18-42-32(52)10-22-57/h56-57H,1-24H2,(H,35,45)(H,36,46)(H,37,47)(H,38,48)(H,39,49)(H,40,50)(H,41,51)(H,42,52)(H,43,53)(H,54,55). The van der Waals surface area contributed by atoms with Crippen LogP contribution in [-0.4, -0.2) is 159 Å². The fourth-order valence-corrected chi connectivity index (χ4v) is 4.97. The number of hydrogen-bond donors (Lipinski definition) is 12. The van der Waals surface area contributed by atoms with E-state index in [9.17, 15) is 47.9 Å². The number of carboxylic acid groups (broad SMARTS) is 1. The molecular formula is C34H60N10O11S2. The Labute approximate surface area is 343 Å². The summed E-state index contributed by atoms with van der Waals surface area (Å²) < 4.78 is 0. The zero-order valence-electron chi connectivity index (χ0n) is 32.3. The van der Waals surface area contributed by atoms with Crippen molar-refractivity contribution in [2.45, 2.75) is 64.2 Å². The zero-order valence-corrected chi connectivity index (χ0v) is 34.1. The van der Waals surface area contributed by atoms with Crippen molar-refractivity contribution in [1.82, 2.24) is 52.8 Å². The molecule has 0 atom stereocenters. The zero-order chi connectivity index (χ0) is 42.7. The molecule has 0 rings (SSSR count). The molecule has 0 fully saturated rings. The van der Waals surface area contributed by atoms with Crippen LogP contribution in [0.3, 0.4) is 0 Å². The lowest BCUT2D eigenvalue weighted by molar-refractivity contribution is -0.138. The number of amides is 9. The van der Waals surface area contributed by atoms with Gasteiger partial charge in [-0.3, -0.25) is 52.8 Å². The van der Waals surface area contributed by atoms with Gasteiger partial charge in [-0.15, -0.1) is 0 Å². The van der Waals surface area contributed by atoms with Crippen LogP contribution in [0.25, 0.3) is 0 Å². The SMILES string of the molecule is O=C(O)CNC(=O)CN(CCCNC(=O)CCNC(=O)CCNC(=O)CCNC(=O)CCS)CCCNC(=O)CCNC(=O)CCNC(=O)CCNC(=O)CCS. The first-order chi connectivity index (χ1) is 27.2.